The van der Waals surface area contributed by atoms with Crippen LogP contribution in [0.3, 0.4) is 0 Å². The number of hydrogen-bond acceptors (Lipinski definition) is 4. The van der Waals surface area contributed by atoms with E-state index >= 15 is 0 Å². The third kappa shape index (κ3) is 4.66. The number of ether oxygens (including phenoxy) is 1. The Labute approximate surface area is 148 Å². The minimum Gasteiger partial charge on any atom is -0.373 e. The first-order chi connectivity index (χ1) is 10.9. The van der Waals surface area contributed by atoms with Crippen molar-refractivity contribution in [3.05, 3.63) is 32.6 Å². The van der Waals surface area contributed by atoms with Crippen LogP contribution < -0.4 is 16.0 Å². The Bertz CT molecular complexity index is 651. The highest BCUT2D eigenvalue weighted by Crippen LogP contribution is 2.22. The fourth-order valence-corrected chi connectivity index (χ4v) is 2.54. The number of rotatable bonds is 6. The van der Waals surface area contributed by atoms with Gasteiger partial charge in [0.25, 0.3) is 11.8 Å². The highest BCUT2D eigenvalue weighted by molar-refractivity contribution is 9.13. The van der Waals surface area contributed by atoms with E-state index in [1.807, 2.05) is 0 Å². The average molecular weight is 450 g/mol. The summed E-state index contributed by atoms with van der Waals surface area (Å²) in [5, 5.41) is 7.17. The van der Waals surface area contributed by atoms with E-state index in [1.54, 1.807) is 13.0 Å². The standard InChI is InChI=1S/C13H14Br2N4O4/c1-2-23-6(3-8-12(21)19-13(22)18-8)5-16-11(20)9-4-7(14)10(15)17-9/h3-4,6,17H,2,5H2,1H3,(H,16,20)(H2,18,19,21,22). The van der Waals surface area contributed by atoms with Gasteiger partial charge in [-0.25, -0.2) is 4.79 Å². The third-order valence-electron chi connectivity index (χ3n) is 2.89. The summed E-state index contributed by atoms with van der Waals surface area (Å²) in [5.74, 6) is -0.845. The highest BCUT2D eigenvalue weighted by Gasteiger charge is 2.24. The Balaban J connectivity index is 1.99. The predicted octanol–water partition coefficient (Wildman–Crippen LogP) is 1.40. The second-order valence-electron chi connectivity index (χ2n) is 4.54. The maximum absolute atomic E-state index is 12.1. The molecule has 124 valence electrons. The van der Waals surface area contributed by atoms with Crippen LogP contribution in [0.25, 0.3) is 0 Å². The van der Waals surface area contributed by atoms with Crippen molar-refractivity contribution < 1.29 is 19.1 Å². The fourth-order valence-electron chi connectivity index (χ4n) is 1.88. The summed E-state index contributed by atoms with van der Waals surface area (Å²) in [6, 6.07) is 1.06. The summed E-state index contributed by atoms with van der Waals surface area (Å²) in [4.78, 5) is 37.5. The van der Waals surface area contributed by atoms with Gasteiger partial charge >= 0.3 is 6.03 Å². The molecule has 2 rings (SSSR count). The van der Waals surface area contributed by atoms with Crippen LogP contribution in [0.1, 0.15) is 17.4 Å². The van der Waals surface area contributed by atoms with Gasteiger partial charge in [0.2, 0.25) is 0 Å². The molecule has 1 aliphatic heterocycles. The van der Waals surface area contributed by atoms with Gasteiger partial charge in [0.1, 0.15) is 11.4 Å². The van der Waals surface area contributed by atoms with Crippen LogP contribution in [0.2, 0.25) is 0 Å². The molecule has 23 heavy (non-hydrogen) atoms. The second-order valence-corrected chi connectivity index (χ2v) is 6.18. The molecule has 0 spiro atoms. The van der Waals surface area contributed by atoms with E-state index in [1.165, 1.54) is 6.08 Å². The molecule has 0 aliphatic carbocycles. The number of H-pyrrole nitrogens is 1. The summed E-state index contributed by atoms with van der Waals surface area (Å²) in [5.41, 5.74) is 0.478. The van der Waals surface area contributed by atoms with Crippen molar-refractivity contribution in [2.45, 2.75) is 13.0 Å². The molecule has 1 aliphatic rings. The van der Waals surface area contributed by atoms with Crippen molar-refractivity contribution >= 4 is 49.7 Å². The van der Waals surface area contributed by atoms with Gasteiger partial charge in [-0.3, -0.25) is 14.9 Å². The van der Waals surface area contributed by atoms with Gasteiger partial charge in [0.15, 0.2) is 0 Å². The summed E-state index contributed by atoms with van der Waals surface area (Å²) in [6.45, 7) is 2.33. The fraction of sp³-hybridized carbons (Fsp3) is 0.308. The number of amides is 4. The maximum atomic E-state index is 12.1. The molecule has 0 bridgehead atoms. The maximum Gasteiger partial charge on any atom is 0.326 e. The molecule has 8 nitrogen and oxygen atoms in total. The summed E-state index contributed by atoms with van der Waals surface area (Å²) >= 11 is 6.54. The van der Waals surface area contributed by atoms with E-state index in [9.17, 15) is 14.4 Å². The number of hydrogen-bond donors (Lipinski definition) is 4. The molecule has 1 fully saturated rings. The molecule has 0 saturated carbocycles. The minimum absolute atomic E-state index is 0.105. The number of urea groups is 1. The van der Waals surface area contributed by atoms with E-state index in [0.717, 1.165) is 4.47 Å². The number of aromatic nitrogens is 1. The van der Waals surface area contributed by atoms with E-state index in [4.69, 9.17) is 4.74 Å². The van der Waals surface area contributed by atoms with Crippen LogP contribution in [0.15, 0.2) is 26.9 Å². The van der Waals surface area contributed by atoms with Crippen molar-refractivity contribution in [3.8, 4) is 0 Å². The molecule has 1 unspecified atom stereocenters. The summed E-state index contributed by atoms with van der Waals surface area (Å²) in [6.07, 6.45) is 0.912. The lowest BCUT2D eigenvalue weighted by atomic mass is 10.2. The van der Waals surface area contributed by atoms with Gasteiger partial charge in [-0.05, 0) is 50.9 Å². The topological polar surface area (TPSA) is 112 Å². The molecular weight excluding hydrogens is 436 g/mol. The number of imide groups is 1. The Morgan fingerprint density at radius 2 is 2.13 bits per heavy atom. The zero-order valence-electron chi connectivity index (χ0n) is 12.0. The second kappa shape index (κ2) is 7.75. The SMILES string of the molecule is CCOC(C=C1NC(=O)NC1=O)CNC(=O)c1cc(Br)c(Br)[nH]1. The van der Waals surface area contributed by atoms with Crippen LogP contribution in [0.4, 0.5) is 4.79 Å². The van der Waals surface area contributed by atoms with Gasteiger partial charge in [0.05, 0.1) is 15.2 Å². The van der Waals surface area contributed by atoms with E-state index in [-0.39, 0.29) is 18.1 Å². The monoisotopic (exact) mass is 448 g/mol. The molecule has 10 heteroatoms. The Hall–Kier alpha value is -1.65. The minimum atomic E-state index is -0.582. The van der Waals surface area contributed by atoms with Crippen molar-refractivity contribution in [1.82, 2.24) is 20.9 Å². The first-order valence-electron chi connectivity index (χ1n) is 6.68. The number of carbonyl (C=O) groups is 3. The molecule has 1 saturated heterocycles. The van der Waals surface area contributed by atoms with Gasteiger partial charge in [0, 0.05) is 13.2 Å². The van der Waals surface area contributed by atoms with Gasteiger partial charge < -0.3 is 20.4 Å². The molecular formula is C13H14Br2N4O4. The van der Waals surface area contributed by atoms with E-state index in [0.29, 0.717) is 16.9 Å². The molecule has 0 radical (unpaired) electrons. The Morgan fingerprint density at radius 3 is 2.65 bits per heavy atom. The van der Waals surface area contributed by atoms with E-state index < -0.39 is 18.0 Å². The Kier molecular flexibility index (Phi) is 5.97. The van der Waals surface area contributed by atoms with Crippen molar-refractivity contribution in [1.29, 1.82) is 0 Å². The van der Waals surface area contributed by atoms with Crippen LogP contribution in [0, 0.1) is 0 Å². The normalized spacial score (nSPS) is 17.1. The molecule has 1 atom stereocenters. The lowest BCUT2D eigenvalue weighted by Crippen LogP contribution is -2.33. The molecule has 0 aromatic carbocycles. The van der Waals surface area contributed by atoms with Gasteiger partial charge in [-0.2, -0.15) is 0 Å². The zero-order valence-corrected chi connectivity index (χ0v) is 15.2. The first-order valence-corrected chi connectivity index (χ1v) is 8.27. The third-order valence-corrected chi connectivity index (χ3v) is 4.67. The zero-order chi connectivity index (χ0) is 17.0. The lowest BCUT2D eigenvalue weighted by molar-refractivity contribution is -0.115. The van der Waals surface area contributed by atoms with Crippen molar-refractivity contribution in [2.24, 2.45) is 0 Å². The van der Waals surface area contributed by atoms with Crippen LogP contribution >= 0.6 is 31.9 Å². The number of halogens is 2. The molecule has 1 aromatic rings. The van der Waals surface area contributed by atoms with Crippen LogP contribution in [-0.4, -0.2) is 42.1 Å². The quantitative estimate of drug-likeness (QED) is 0.388. The average Bonchev–Trinajstić information content (AvgIpc) is 2.98. The van der Waals surface area contributed by atoms with Crippen LogP contribution in [-0.2, 0) is 9.53 Å². The predicted molar refractivity (Wildman–Crippen MR) is 88.7 cm³/mol. The van der Waals surface area contributed by atoms with E-state index in [2.05, 4.69) is 52.8 Å². The van der Waals surface area contributed by atoms with Crippen LogP contribution in [0.5, 0.6) is 0 Å². The number of nitrogens with one attached hydrogen (secondary N) is 4. The number of aromatic amines is 1. The number of carbonyl (C=O) groups excluding carboxylic acids is 3. The molecule has 4 N–H and O–H groups in total. The lowest BCUT2D eigenvalue weighted by Gasteiger charge is -2.14. The summed E-state index contributed by atoms with van der Waals surface area (Å²) in [7, 11) is 0. The van der Waals surface area contributed by atoms with Crippen molar-refractivity contribution in [3.63, 3.8) is 0 Å². The van der Waals surface area contributed by atoms with Crippen molar-refractivity contribution in [2.75, 3.05) is 13.2 Å². The highest BCUT2D eigenvalue weighted by atomic mass is 79.9. The summed E-state index contributed by atoms with van der Waals surface area (Å²) < 4.78 is 6.85. The molecule has 1 aromatic heterocycles. The Morgan fingerprint density at radius 1 is 1.39 bits per heavy atom. The smallest absolute Gasteiger partial charge is 0.326 e. The molecule has 4 amide bonds. The first kappa shape index (κ1) is 17.7. The van der Waals surface area contributed by atoms with Gasteiger partial charge in [-0.15, -0.1) is 0 Å². The largest absolute Gasteiger partial charge is 0.373 e. The van der Waals surface area contributed by atoms with Gasteiger partial charge in [-0.1, -0.05) is 0 Å². The molecule has 2 heterocycles.